The Kier molecular flexibility index (Phi) is 2.74. The number of ketones is 1. The van der Waals surface area contributed by atoms with Crippen LogP contribution in [0.5, 0.6) is 0 Å². The van der Waals surface area contributed by atoms with Gasteiger partial charge in [-0.3, -0.25) is 10.1 Å². The van der Waals surface area contributed by atoms with Gasteiger partial charge in [-0.2, -0.15) is 5.26 Å². The molecule has 0 saturated carbocycles. The topological polar surface area (TPSA) is 81.6 Å². The van der Waals surface area contributed by atoms with E-state index >= 15 is 0 Å². The molecule has 0 aliphatic rings. The molecule has 2 aromatic heterocycles. The average Bonchev–Trinajstić information content (AvgIpc) is 3.06. The lowest BCUT2D eigenvalue weighted by atomic mass is 10.1. The van der Waals surface area contributed by atoms with Gasteiger partial charge in [0, 0.05) is 5.56 Å². The molecule has 1 aromatic carbocycles. The van der Waals surface area contributed by atoms with Crippen molar-refractivity contribution in [3.05, 3.63) is 46.2 Å². The number of nitriles is 1. The fraction of sp³-hybridized carbons (Fsp3) is 0. The molecule has 19 heavy (non-hydrogen) atoms. The first kappa shape index (κ1) is 11.4. The van der Waals surface area contributed by atoms with E-state index in [9.17, 15) is 4.79 Å². The summed E-state index contributed by atoms with van der Waals surface area (Å²) in [4.78, 5) is 20.0. The highest BCUT2D eigenvalue weighted by Gasteiger charge is 2.11. The van der Waals surface area contributed by atoms with Crippen LogP contribution in [0.15, 0.2) is 35.7 Å². The Morgan fingerprint density at radius 3 is 3.05 bits per heavy atom. The summed E-state index contributed by atoms with van der Waals surface area (Å²) in [6, 6.07) is 8.89. The monoisotopic (exact) mass is 268 g/mol. The zero-order valence-electron chi connectivity index (χ0n) is 9.68. The molecule has 3 rings (SSSR count). The number of imidazole rings is 1. The van der Waals surface area contributed by atoms with Gasteiger partial charge in [-0.05, 0) is 29.6 Å². The van der Waals surface area contributed by atoms with Gasteiger partial charge in [0.05, 0.1) is 15.9 Å². The molecule has 0 bridgehead atoms. The number of H-pyrrole nitrogens is 1. The summed E-state index contributed by atoms with van der Waals surface area (Å²) in [5.41, 5.74) is 2.02. The number of carbonyl (C=O) groups excluding carboxylic acids is 1. The molecule has 0 radical (unpaired) electrons. The molecule has 0 spiro atoms. The largest absolute Gasteiger partial charge is 0.323 e. The summed E-state index contributed by atoms with van der Waals surface area (Å²) in [5, 5.41) is 12.8. The fourth-order valence-corrected chi connectivity index (χ4v) is 2.49. The number of benzene rings is 1. The molecule has 0 aliphatic carbocycles. The Balaban J connectivity index is 2.02. The van der Waals surface area contributed by atoms with Crippen LogP contribution in [-0.4, -0.2) is 15.8 Å². The Hall–Kier alpha value is -2.65. The number of nitrogens with zero attached hydrogens (tertiary/aromatic N) is 2. The van der Waals surface area contributed by atoms with Crippen LogP contribution in [-0.2, 0) is 0 Å². The van der Waals surface area contributed by atoms with Crippen molar-refractivity contribution < 1.29 is 4.79 Å². The molecular weight excluding hydrogens is 260 g/mol. The number of nitrogens with one attached hydrogen (secondary N) is 2. The van der Waals surface area contributed by atoms with Crippen molar-refractivity contribution in [3.8, 4) is 6.19 Å². The minimum Gasteiger partial charge on any atom is -0.323 e. The second-order valence-corrected chi connectivity index (χ2v) is 4.81. The SMILES string of the molecule is N#CNc1nc2cc(C(=O)c3cccs3)ccc2[nH]1. The van der Waals surface area contributed by atoms with E-state index < -0.39 is 0 Å². The lowest BCUT2D eigenvalue weighted by molar-refractivity contribution is 0.104. The highest BCUT2D eigenvalue weighted by atomic mass is 32.1. The van der Waals surface area contributed by atoms with Gasteiger partial charge in [0.25, 0.3) is 0 Å². The molecule has 6 heteroatoms. The van der Waals surface area contributed by atoms with E-state index in [4.69, 9.17) is 5.26 Å². The third kappa shape index (κ3) is 2.07. The number of aromatic amines is 1. The normalized spacial score (nSPS) is 10.3. The third-order valence-corrected chi connectivity index (χ3v) is 3.53. The van der Waals surface area contributed by atoms with Gasteiger partial charge in [-0.1, -0.05) is 6.07 Å². The van der Waals surface area contributed by atoms with Crippen molar-refractivity contribution in [1.29, 1.82) is 5.26 Å². The number of hydrogen-bond donors (Lipinski definition) is 2. The predicted octanol–water partition coefficient (Wildman–Crippen LogP) is 2.75. The summed E-state index contributed by atoms with van der Waals surface area (Å²) in [6.45, 7) is 0. The van der Waals surface area contributed by atoms with Crippen LogP contribution in [0.2, 0.25) is 0 Å². The highest BCUT2D eigenvalue weighted by Crippen LogP contribution is 2.20. The Bertz CT molecular complexity index is 783. The van der Waals surface area contributed by atoms with Crippen LogP contribution in [0.1, 0.15) is 15.2 Å². The van der Waals surface area contributed by atoms with Crippen molar-refractivity contribution in [2.45, 2.75) is 0 Å². The molecular formula is C13H8N4OS. The number of thiophene rings is 1. The van der Waals surface area contributed by atoms with Crippen LogP contribution < -0.4 is 5.32 Å². The first-order chi connectivity index (χ1) is 9.28. The smallest absolute Gasteiger partial charge is 0.214 e. The quantitative estimate of drug-likeness (QED) is 0.435. The molecule has 0 atom stereocenters. The molecule has 0 unspecified atom stereocenters. The summed E-state index contributed by atoms with van der Waals surface area (Å²) in [6.07, 6.45) is 1.80. The van der Waals surface area contributed by atoms with E-state index in [-0.39, 0.29) is 5.78 Å². The number of anilines is 1. The van der Waals surface area contributed by atoms with Crippen LogP contribution in [0.3, 0.4) is 0 Å². The summed E-state index contributed by atoms with van der Waals surface area (Å²) >= 11 is 1.41. The van der Waals surface area contributed by atoms with Gasteiger partial charge in [-0.25, -0.2) is 4.98 Å². The molecule has 5 nitrogen and oxygen atoms in total. The molecule has 0 amide bonds. The zero-order valence-corrected chi connectivity index (χ0v) is 10.5. The lowest BCUT2D eigenvalue weighted by Crippen LogP contribution is -1.97. The van der Waals surface area contributed by atoms with Crippen molar-refractivity contribution >= 4 is 34.1 Å². The van der Waals surface area contributed by atoms with Gasteiger partial charge in [0.1, 0.15) is 0 Å². The summed E-state index contributed by atoms with van der Waals surface area (Å²) < 4.78 is 0. The Labute approximate surface area is 112 Å². The van der Waals surface area contributed by atoms with Crippen LogP contribution in [0.25, 0.3) is 11.0 Å². The second-order valence-electron chi connectivity index (χ2n) is 3.86. The summed E-state index contributed by atoms with van der Waals surface area (Å²) in [7, 11) is 0. The minimum absolute atomic E-state index is 0.0188. The average molecular weight is 268 g/mol. The van der Waals surface area contributed by atoms with E-state index in [0.717, 1.165) is 5.52 Å². The zero-order chi connectivity index (χ0) is 13.2. The van der Waals surface area contributed by atoms with Gasteiger partial charge in [-0.15, -0.1) is 11.3 Å². The number of rotatable bonds is 3. The Morgan fingerprint density at radius 1 is 1.42 bits per heavy atom. The maximum atomic E-state index is 12.2. The van der Waals surface area contributed by atoms with Gasteiger partial charge in [0.2, 0.25) is 11.7 Å². The van der Waals surface area contributed by atoms with Crippen molar-refractivity contribution in [2.75, 3.05) is 5.32 Å². The van der Waals surface area contributed by atoms with Gasteiger partial charge >= 0.3 is 0 Å². The van der Waals surface area contributed by atoms with Crippen molar-refractivity contribution in [1.82, 2.24) is 9.97 Å². The van der Waals surface area contributed by atoms with E-state index in [1.54, 1.807) is 30.5 Å². The number of aromatic nitrogens is 2. The van der Waals surface area contributed by atoms with E-state index in [2.05, 4.69) is 15.3 Å². The number of hydrogen-bond acceptors (Lipinski definition) is 5. The number of fused-ring (bicyclic) bond motifs is 1. The lowest BCUT2D eigenvalue weighted by Gasteiger charge is -1.97. The summed E-state index contributed by atoms with van der Waals surface area (Å²) in [5.74, 6) is 0.355. The molecule has 0 fully saturated rings. The van der Waals surface area contributed by atoms with E-state index in [0.29, 0.717) is 21.9 Å². The first-order valence-electron chi connectivity index (χ1n) is 5.51. The van der Waals surface area contributed by atoms with E-state index in [1.807, 2.05) is 11.4 Å². The van der Waals surface area contributed by atoms with Crippen LogP contribution >= 0.6 is 11.3 Å². The molecule has 0 aliphatic heterocycles. The first-order valence-corrected chi connectivity index (χ1v) is 6.39. The van der Waals surface area contributed by atoms with Crippen LogP contribution in [0, 0.1) is 11.5 Å². The molecule has 92 valence electrons. The Morgan fingerprint density at radius 2 is 2.32 bits per heavy atom. The maximum Gasteiger partial charge on any atom is 0.214 e. The van der Waals surface area contributed by atoms with Gasteiger partial charge < -0.3 is 4.98 Å². The molecule has 3 aromatic rings. The van der Waals surface area contributed by atoms with Crippen LogP contribution in [0.4, 0.5) is 5.95 Å². The molecule has 2 N–H and O–H groups in total. The molecule has 2 heterocycles. The fourth-order valence-electron chi connectivity index (χ4n) is 1.81. The van der Waals surface area contributed by atoms with Crippen molar-refractivity contribution in [3.63, 3.8) is 0 Å². The second kappa shape index (κ2) is 4.55. The van der Waals surface area contributed by atoms with Crippen molar-refractivity contribution in [2.24, 2.45) is 0 Å². The maximum absolute atomic E-state index is 12.2. The number of carbonyl (C=O) groups is 1. The van der Waals surface area contributed by atoms with E-state index in [1.165, 1.54) is 11.3 Å². The highest BCUT2D eigenvalue weighted by molar-refractivity contribution is 7.12. The van der Waals surface area contributed by atoms with Gasteiger partial charge in [0.15, 0.2) is 6.19 Å². The predicted molar refractivity (Wildman–Crippen MR) is 73.1 cm³/mol. The minimum atomic E-state index is -0.0188. The molecule has 0 saturated heterocycles. The third-order valence-electron chi connectivity index (χ3n) is 2.66. The standard InChI is InChI=1S/C13H8N4OS/c14-7-15-13-16-9-4-3-8(6-10(9)17-13)12(18)11-2-1-5-19-11/h1-6H,(H2,15,16,17).